The number of carbonyl (C=O) groups excluding carboxylic acids is 1. The quantitative estimate of drug-likeness (QED) is 0.410. The minimum Gasteiger partial charge on any atom is -0.298 e. The third-order valence-corrected chi connectivity index (χ3v) is 1.60. The smallest absolute Gasteiger partial charge is 0.152 e. The maximum Gasteiger partial charge on any atom is 0.152 e. The van der Waals surface area contributed by atoms with Crippen molar-refractivity contribution in [3.8, 4) is 11.8 Å². The van der Waals surface area contributed by atoms with Gasteiger partial charge in [0.15, 0.2) is 6.29 Å². The highest BCUT2D eigenvalue weighted by molar-refractivity contribution is 7.80. The lowest BCUT2D eigenvalue weighted by atomic mass is 10.1. The van der Waals surface area contributed by atoms with E-state index in [0.717, 1.165) is 0 Å². The molecule has 0 aliphatic carbocycles. The highest BCUT2D eigenvalue weighted by atomic mass is 32.1. The molecule has 0 saturated heterocycles. The number of halogens is 1. The predicted molar refractivity (Wildman–Crippen MR) is 52.5 cm³/mol. The molecule has 0 bridgehead atoms. The zero-order valence-electron chi connectivity index (χ0n) is 6.75. The average Bonchev–Trinajstić information content (AvgIpc) is 2.15. The van der Waals surface area contributed by atoms with E-state index in [0.29, 0.717) is 17.6 Å². The van der Waals surface area contributed by atoms with E-state index >= 15 is 0 Å². The zero-order valence-corrected chi connectivity index (χ0v) is 7.64. The lowest BCUT2D eigenvalue weighted by Gasteiger charge is -1.94. The molecule has 0 amide bonds. The first-order valence-corrected chi connectivity index (χ1v) is 4.25. The summed E-state index contributed by atoms with van der Waals surface area (Å²) in [6.07, 6.45) is 0.477. The van der Waals surface area contributed by atoms with Crippen LogP contribution in [0.4, 0.5) is 4.39 Å². The zero-order chi connectivity index (χ0) is 9.68. The van der Waals surface area contributed by atoms with Crippen LogP contribution in [0.15, 0.2) is 18.2 Å². The highest BCUT2D eigenvalue weighted by Crippen LogP contribution is 2.07. The summed E-state index contributed by atoms with van der Waals surface area (Å²) in [5, 5.41) is 0. The summed E-state index contributed by atoms with van der Waals surface area (Å²) in [5.41, 5.74) is 0.605. The Labute approximate surface area is 81.4 Å². The molecule has 1 aromatic rings. The second kappa shape index (κ2) is 4.68. The summed E-state index contributed by atoms with van der Waals surface area (Å²) in [5.74, 6) is 5.28. The van der Waals surface area contributed by atoms with Gasteiger partial charge in [0.05, 0.1) is 11.3 Å². The minimum absolute atomic E-state index is 0.0522. The maximum absolute atomic E-state index is 13.0. The number of carbonyl (C=O) groups is 1. The van der Waals surface area contributed by atoms with Crippen LogP contribution in [0.2, 0.25) is 0 Å². The molecule has 13 heavy (non-hydrogen) atoms. The molecule has 0 heterocycles. The monoisotopic (exact) mass is 194 g/mol. The summed E-state index contributed by atoms with van der Waals surface area (Å²) in [6.45, 7) is 0. The van der Waals surface area contributed by atoms with Crippen molar-refractivity contribution in [2.24, 2.45) is 0 Å². The van der Waals surface area contributed by atoms with E-state index in [2.05, 4.69) is 24.5 Å². The van der Waals surface area contributed by atoms with Gasteiger partial charge in [-0.3, -0.25) is 4.79 Å². The lowest BCUT2D eigenvalue weighted by molar-refractivity contribution is 0.112. The molecular weight excluding hydrogens is 187 g/mol. The van der Waals surface area contributed by atoms with Gasteiger partial charge in [0.25, 0.3) is 0 Å². The van der Waals surface area contributed by atoms with Crippen LogP contribution < -0.4 is 0 Å². The van der Waals surface area contributed by atoms with Crippen LogP contribution in [0.5, 0.6) is 0 Å². The second-order valence-corrected chi connectivity index (χ2v) is 2.63. The van der Waals surface area contributed by atoms with Crippen molar-refractivity contribution in [2.45, 2.75) is 0 Å². The third-order valence-electron chi connectivity index (χ3n) is 1.44. The molecule has 0 radical (unpaired) electrons. The van der Waals surface area contributed by atoms with Gasteiger partial charge in [-0.05, 0) is 18.2 Å². The molecule has 0 aliphatic rings. The Bertz CT molecular complexity index is 376. The molecule has 1 rings (SSSR count). The highest BCUT2D eigenvalue weighted by Gasteiger charge is 1.99. The van der Waals surface area contributed by atoms with Crippen molar-refractivity contribution >= 4 is 18.9 Å². The largest absolute Gasteiger partial charge is 0.298 e. The fraction of sp³-hybridized carbons (Fsp3) is 0.100. The van der Waals surface area contributed by atoms with E-state index in [1.54, 1.807) is 6.07 Å². The first-order chi connectivity index (χ1) is 6.27. The van der Waals surface area contributed by atoms with E-state index in [1.165, 1.54) is 12.1 Å². The van der Waals surface area contributed by atoms with Gasteiger partial charge in [-0.1, -0.05) is 11.8 Å². The van der Waals surface area contributed by atoms with Gasteiger partial charge in [-0.2, -0.15) is 12.6 Å². The molecule has 3 heteroatoms. The van der Waals surface area contributed by atoms with Crippen molar-refractivity contribution in [2.75, 3.05) is 5.75 Å². The molecule has 0 saturated carbocycles. The third kappa shape index (κ3) is 2.60. The Balaban J connectivity index is 3.02. The molecule has 1 nitrogen and oxygen atoms in total. The SMILES string of the molecule is O=Cc1ccc(C#CCS)cc1F. The number of hydrogen-bond acceptors (Lipinski definition) is 2. The van der Waals surface area contributed by atoms with Crippen LogP contribution in [0.1, 0.15) is 15.9 Å². The Morgan fingerprint density at radius 3 is 2.85 bits per heavy atom. The van der Waals surface area contributed by atoms with Crippen molar-refractivity contribution < 1.29 is 9.18 Å². The summed E-state index contributed by atoms with van der Waals surface area (Å²) in [7, 11) is 0. The average molecular weight is 194 g/mol. The standard InChI is InChI=1S/C10H7FOS/c11-10-6-8(2-1-5-13)3-4-9(10)7-12/h3-4,6-7,13H,5H2. The normalized spacial score (nSPS) is 8.77. The Morgan fingerprint density at radius 2 is 2.31 bits per heavy atom. The molecule has 0 atom stereocenters. The van der Waals surface area contributed by atoms with Crippen molar-refractivity contribution in [3.63, 3.8) is 0 Å². The molecule has 66 valence electrons. The van der Waals surface area contributed by atoms with E-state index in [9.17, 15) is 9.18 Å². The number of hydrogen-bond donors (Lipinski definition) is 1. The predicted octanol–water partition coefficient (Wildman–Crippen LogP) is 1.92. The van der Waals surface area contributed by atoms with Gasteiger partial charge in [0.2, 0.25) is 0 Å². The van der Waals surface area contributed by atoms with Crippen molar-refractivity contribution in [3.05, 3.63) is 35.1 Å². The second-order valence-electron chi connectivity index (χ2n) is 2.31. The number of aldehydes is 1. The van der Waals surface area contributed by atoms with E-state index in [-0.39, 0.29) is 5.56 Å². The Hall–Kier alpha value is -1.27. The number of thiol groups is 1. The minimum atomic E-state index is -0.541. The molecule has 1 aromatic carbocycles. The maximum atomic E-state index is 13.0. The molecule has 0 aliphatic heterocycles. The first-order valence-electron chi connectivity index (χ1n) is 3.62. The van der Waals surface area contributed by atoms with Crippen LogP contribution in [0.3, 0.4) is 0 Å². The van der Waals surface area contributed by atoms with Crippen LogP contribution in [0, 0.1) is 17.7 Å². The van der Waals surface area contributed by atoms with Crippen molar-refractivity contribution in [1.29, 1.82) is 0 Å². The molecule has 0 N–H and O–H groups in total. The number of benzene rings is 1. The molecule has 0 unspecified atom stereocenters. The Morgan fingerprint density at radius 1 is 1.54 bits per heavy atom. The summed E-state index contributed by atoms with van der Waals surface area (Å²) < 4.78 is 13.0. The topological polar surface area (TPSA) is 17.1 Å². The molecule has 0 fully saturated rings. The van der Waals surface area contributed by atoms with Crippen molar-refractivity contribution in [1.82, 2.24) is 0 Å². The summed E-state index contributed by atoms with van der Waals surface area (Å²) >= 11 is 3.89. The molecule has 0 spiro atoms. The van der Waals surface area contributed by atoms with E-state index < -0.39 is 5.82 Å². The van der Waals surface area contributed by atoms with Crippen LogP contribution >= 0.6 is 12.6 Å². The van der Waals surface area contributed by atoms with Gasteiger partial charge >= 0.3 is 0 Å². The van der Waals surface area contributed by atoms with E-state index in [1.807, 2.05) is 0 Å². The van der Waals surface area contributed by atoms with Crippen LogP contribution in [-0.4, -0.2) is 12.0 Å². The van der Waals surface area contributed by atoms with Crippen LogP contribution in [-0.2, 0) is 0 Å². The van der Waals surface area contributed by atoms with Gasteiger partial charge < -0.3 is 0 Å². The molecular formula is C10H7FOS. The van der Waals surface area contributed by atoms with Gasteiger partial charge in [-0.15, -0.1) is 0 Å². The first kappa shape index (κ1) is 9.82. The van der Waals surface area contributed by atoms with Crippen LogP contribution in [0.25, 0.3) is 0 Å². The van der Waals surface area contributed by atoms with Gasteiger partial charge in [0, 0.05) is 5.56 Å². The summed E-state index contributed by atoms with van der Waals surface area (Å²) in [6, 6.07) is 4.24. The van der Waals surface area contributed by atoms with Gasteiger partial charge in [-0.25, -0.2) is 4.39 Å². The fourth-order valence-electron chi connectivity index (χ4n) is 0.842. The summed E-state index contributed by atoms with van der Waals surface area (Å²) in [4.78, 5) is 10.3. The number of rotatable bonds is 1. The molecule has 0 aromatic heterocycles. The fourth-order valence-corrected chi connectivity index (χ4v) is 0.921. The van der Waals surface area contributed by atoms with E-state index in [4.69, 9.17) is 0 Å². The lowest BCUT2D eigenvalue weighted by Crippen LogP contribution is -1.88. The Kier molecular flexibility index (Phi) is 3.53. The van der Waals surface area contributed by atoms with Gasteiger partial charge in [0.1, 0.15) is 5.82 Å².